The van der Waals surface area contributed by atoms with Gasteiger partial charge in [-0.25, -0.2) is 13.2 Å². The lowest BCUT2D eigenvalue weighted by Gasteiger charge is -1.94. The summed E-state index contributed by atoms with van der Waals surface area (Å²) in [5, 5.41) is 8.63. The number of ketones is 1. The molecule has 0 radical (unpaired) electrons. The number of para-hydroxylation sites is 1. The number of phenols is 1. The van der Waals surface area contributed by atoms with Crippen LogP contribution in [0.2, 0.25) is 0 Å². The summed E-state index contributed by atoms with van der Waals surface area (Å²) in [6.45, 7) is 0. The molecule has 1 unspecified atom stereocenters. The van der Waals surface area contributed by atoms with E-state index in [4.69, 9.17) is 5.11 Å². The Morgan fingerprint density at radius 3 is 1.88 bits per heavy atom. The van der Waals surface area contributed by atoms with Gasteiger partial charge in [0.05, 0.1) is 0 Å². The number of benzene rings is 1. The van der Waals surface area contributed by atoms with Crippen LogP contribution >= 0.6 is 0 Å². The summed E-state index contributed by atoms with van der Waals surface area (Å²) in [4.78, 5) is 19.0. The zero-order valence-electron chi connectivity index (χ0n) is 8.02. The van der Waals surface area contributed by atoms with Gasteiger partial charge in [0.1, 0.15) is 5.75 Å². The normalized spacial score (nSPS) is 11.2. The van der Waals surface area contributed by atoms with E-state index >= 15 is 0 Å². The molecule has 1 N–H and O–H groups in total. The Hall–Kier alpha value is -1.85. The minimum absolute atomic E-state index is 0.322. The molecule has 0 spiro atoms. The predicted octanol–water partition coefficient (Wildman–Crippen LogP) is 1.75. The minimum atomic E-state index is -3.40. The molecule has 0 fully saturated rings. The van der Waals surface area contributed by atoms with Crippen molar-refractivity contribution in [3.05, 3.63) is 30.3 Å². The van der Waals surface area contributed by atoms with Crippen molar-refractivity contribution in [3.63, 3.8) is 0 Å². The van der Waals surface area contributed by atoms with Crippen molar-refractivity contribution in [2.24, 2.45) is 0 Å². The van der Waals surface area contributed by atoms with Gasteiger partial charge >= 0.3 is 0 Å². The van der Waals surface area contributed by atoms with Crippen molar-refractivity contribution in [1.82, 2.24) is 0 Å². The molecule has 1 aromatic carbocycles. The summed E-state index contributed by atoms with van der Waals surface area (Å²) < 4.78 is 33.8. The number of hydrogen-bond donors (Lipinski definition) is 1. The molecular formula is C10H9F3O3. The molecule has 0 saturated carbocycles. The quantitative estimate of drug-likeness (QED) is 0.640. The van der Waals surface area contributed by atoms with Gasteiger partial charge < -0.3 is 5.11 Å². The molecule has 0 aliphatic rings. The fourth-order valence-corrected chi connectivity index (χ4v) is 0.615. The van der Waals surface area contributed by atoms with E-state index in [2.05, 4.69) is 0 Å². The molecule has 6 heteroatoms. The Morgan fingerprint density at radius 2 is 1.69 bits per heavy atom. The lowest BCUT2D eigenvalue weighted by atomic mass is 10.3. The predicted molar refractivity (Wildman–Crippen MR) is 50.1 cm³/mol. The number of phenolic OH excluding ortho intramolecular Hbond substituents is 1. The fourth-order valence-electron chi connectivity index (χ4n) is 0.615. The van der Waals surface area contributed by atoms with Crippen molar-refractivity contribution in [2.45, 2.75) is 12.6 Å². The molecule has 0 aliphatic heterocycles. The lowest BCUT2D eigenvalue weighted by Crippen LogP contribution is -2.23. The first-order chi connectivity index (χ1) is 7.49. The molecule has 0 amide bonds. The third-order valence-corrected chi connectivity index (χ3v) is 1.36. The molecule has 1 atom stereocenters. The number of halogens is 3. The van der Waals surface area contributed by atoms with Gasteiger partial charge in [0.2, 0.25) is 12.0 Å². The van der Waals surface area contributed by atoms with Crippen molar-refractivity contribution < 1.29 is 27.9 Å². The molecule has 1 aromatic rings. The molecule has 0 bridgehead atoms. The summed E-state index contributed by atoms with van der Waals surface area (Å²) in [7, 11) is 0. The molecule has 16 heavy (non-hydrogen) atoms. The summed E-state index contributed by atoms with van der Waals surface area (Å²) in [5.41, 5.74) is 0. The number of rotatable bonds is 3. The highest BCUT2D eigenvalue weighted by molar-refractivity contribution is 5.97. The van der Waals surface area contributed by atoms with Gasteiger partial charge in [-0.2, -0.15) is 0 Å². The van der Waals surface area contributed by atoms with Crippen LogP contribution in [0.5, 0.6) is 5.75 Å². The van der Waals surface area contributed by atoms with Gasteiger partial charge in [0.25, 0.3) is 6.43 Å². The minimum Gasteiger partial charge on any atom is -0.508 e. The van der Waals surface area contributed by atoms with E-state index in [9.17, 15) is 22.8 Å². The van der Waals surface area contributed by atoms with Crippen LogP contribution in [-0.2, 0) is 9.59 Å². The second-order valence-corrected chi connectivity index (χ2v) is 2.58. The Kier molecular flexibility index (Phi) is 6.58. The summed E-state index contributed by atoms with van der Waals surface area (Å²) in [5.74, 6) is -1.66. The molecular weight excluding hydrogens is 225 g/mol. The van der Waals surface area contributed by atoms with E-state index in [0.29, 0.717) is 5.75 Å². The molecule has 1 rings (SSSR count). The monoisotopic (exact) mass is 234 g/mol. The number of aromatic hydroxyl groups is 1. The van der Waals surface area contributed by atoms with Crippen molar-refractivity contribution in [3.8, 4) is 5.75 Å². The van der Waals surface area contributed by atoms with Gasteiger partial charge in [-0.1, -0.05) is 18.2 Å². The van der Waals surface area contributed by atoms with Crippen LogP contribution in [0, 0.1) is 0 Å². The lowest BCUT2D eigenvalue weighted by molar-refractivity contribution is -0.137. The first-order valence-electron chi connectivity index (χ1n) is 4.14. The second-order valence-electron chi connectivity index (χ2n) is 2.58. The van der Waals surface area contributed by atoms with Crippen molar-refractivity contribution in [1.29, 1.82) is 0 Å². The van der Waals surface area contributed by atoms with E-state index in [-0.39, 0.29) is 0 Å². The third-order valence-electron chi connectivity index (χ3n) is 1.36. The molecule has 0 saturated heterocycles. The van der Waals surface area contributed by atoms with Crippen LogP contribution in [0.4, 0.5) is 13.2 Å². The number of aldehydes is 1. The summed E-state index contributed by atoms with van der Waals surface area (Å²) in [6.07, 6.45) is -6.54. The van der Waals surface area contributed by atoms with Crippen LogP contribution in [-0.4, -0.2) is 29.8 Å². The van der Waals surface area contributed by atoms with E-state index < -0.39 is 24.7 Å². The topological polar surface area (TPSA) is 54.4 Å². The maximum absolute atomic E-state index is 11.6. The van der Waals surface area contributed by atoms with Gasteiger partial charge in [0.15, 0.2) is 6.29 Å². The highest BCUT2D eigenvalue weighted by Crippen LogP contribution is 2.02. The zero-order valence-corrected chi connectivity index (χ0v) is 8.02. The van der Waals surface area contributed by atoms with Crippen LogP contribution in [0.3, 0.4) is 0 Å². The average Bonchev–Trinajstić information content (AvgIpc) is 2.28. The van der Waals surface area contributed by atoms with E-state index in [0.717, 1.165) is 0 Å². The zero-order chi connectivity index (χ0) is 12.6. The number of Topliss-reactive ketones (excluding diaryl/α,β-unsaturated/α-hetero) is 1. The Balaban J connectivity index is 0.000000288. The SMILES string of the molecule is O=CC(F)C(=O)C(F)F.Oc1ccccc1. The first kappa shape index (κ1) is 14.2. The van der Waals surface area contributed by atoms with Gasteiger partial charge in [-0.15, -0.1) is 0 Å². The molecule has 3 nitrogen and oxygen atoms in total. The number of carbonyl (C=O) groups is 2. The van der Waals surface area contributed by atoms with Crippen LogP contribution in [0.1, 0.15) is 0 Å². The molecule has 0 heterocycles. The van der Waals surface area contributed by atoms with Crippen molar-refractivity contribution >= 4 is 12.1 Å². The van der Waals surface area contributed by atoms with Gasteiger partial charge in [-0.3, -0.25) is 9.59 Å². The van der Waals surface area contributed by atoms with Crippen LogP contribution < -0.4 is 0 Å². The Morgan fingerprint density at radius 1 is 1.19 bits per heavy atom. The van der Waals surface area contributed by atoms with E-state index in [1.165, 1.54) is 0 Å². The summed E-state index contributed by atoms with van der Waals surface area (Å²) in [6, 6.07) is 8.71. The molecule has 88 valence electrons. The third kappa shape index (κ3) is 5.79. The molecule has 0 aliphatic carbocycles. The maximum Gasteiger partial charge on any atom is 0.299 e. The van der Waals surface area contributed by atoms with Crippen LogP contribution in [0.15, 0.2) is 30.3 Å². The largest absolute Gasteiger partial charge is 0.508 e. The standard InChI is InChI=1S/C6H6O.C4H3F3O2/c7-6-4-2-1-3-5-6;5-2(1-8)3(9)4(6)7/h1-5,7H;1-2,4H. The highest BCUT2D eigenvalue weighted by atomic mass is 19.3. The van der Waals surface area contributed by atoms with E-state index in [1.807, 2.05) is 6.07 Å². The fraction of sp³-hybridized carbons (Fsp3) is 0.200. The Bertz CT molecular complexity index is 327. The second kappa shape index (κ2) is 7.44. The number of hydrogen-bond acceptors (Lipinski definition) is 3. The average molecular weight is 234 g/mol. The van der Waals surface area contributed by atoms with Crippen molar-refractivity contribution in [2.75, 3.05) is 0 Å². The first-order valence-corrected chi connectivity index (χ1v) is 4.14. The number of carbonyl (C=O) groups excluding carboxylic acids is 2. The Labute approximate surface area is 89.5 Å². The van der Waals surface area contributed by atoms with E-state index in [1.54, 1.807) is 24.3 Å². The highest BCUT2D eigenvalue weighted by Gasteiger charge is 2.25. The van der Waals surface area contributed by atoms with Gasteiger partial charge in [-0.05, 0) is 12.1 Å². The summed E-state index contributed by atoms with van der Waals surface area (Å²) >= 11 is 0. The van der Waals surface area contributed by atoms with Crippen LogP contribution in [0.25, 0.3) is 0 Å². The van der Waals surface area contributed by atoms with Gasteiger partial charge in [0, 0.05) is 0 Å². The molecule has 0 aromatic heterocycles. The smallest absolute Gasteiger partial charge is 0.299 e. The maximum atomic E-state index is 11.6. The number of alkyl halides is 3.